The third-order valence-corrected chi connectivity index (χ3v) is 5.80. The Hall–Kier alpha value is -1.84. The van der Waals surface area contributed by atoms with Gasteiger partial charge in [-0.1, -0.05) is 38.1 Å². The molecule has 0 aromatic heterocycles. The molecule has 0 bridgehead atoms. The molecule has 0 heterocycles. The number of rotatable bonds is 6. The highest BCUT2D eigenvalue weighted by molar-refractivity contribution is 5.78. The number of nitrogens with one attached hydrogen (secondary N) is 1. The summed E-state index contributed by atoms with van der Waals surface area (Å²) in [7, 11) is 0. The molecule has 25 heavy (non-hydrogen) atoms. The maximum absolute atomic E-state index is 12.5. The average Bonchev–Trinajstić information content (AvgIpc) is 2.52. The van der Waals surface area contributed by atoms with E-state index in [2.05, 4.69) is 31.3 Å². The Morgan fingerprint density at radius 1 is 1.24 bits per heavy atom. The fourth-order valence-corrected chi connectivity index (χ4v) is 4.28. The van der Waals surface area contributed by atoms with Crippen molar-refractivity contribution in [3.05, 3.63) is 35.4 Å². The summed E-state index contributed by atoms with van der Waals surface area (Å²) in [6.07, 6.45) is 3.78. The fraction of sp³-hybridized carbons (Fsp3) is 0.619. The van der Waals surface area contributed by atoms with Gasteiger partial charge >= 0.3 is 5.97 Å². The van der Waals surface area contributed by atoms with Gasteiger partial charge in [-0.3, -0.25) is 9.59 Å². The summed E-state index contributed by atoms with van der Waals surface area (Å²) in [6.45, 7) is 7.86. The number of amides is 1. The number of hydrogen-bond acceptors (Lipinski definition) is 3. The molecule has 2 fully saturated rings. The first kappa shape index (κ1) is 18.0. The highest BCUT2D eigenvalue weighted by Gasteiger charge is 2.62. The largest absolute Gasteiger partial charge is 0.461 e. The van der Waals surface area contributed by atoms with Crippen molar-refractivity contribution >= 4 is 11.9 Å². The molecule has 3 rings (SSSR count). The zero-order chi connectivity index (χ0) is 18.2. The van der Waals surface area contributed by atoms with Gasteiger partial charge in [-0.25, -0.2) is 0 Å². The molecular formula is C21H29NO3. The maximum atomic E-state index is 12.5. The minimum Gasteiger partial charge on any atom is -0.461 e. The topological polar surface area (TPSA) is 55.4 Å². The summed E-state index contributed by atoms with van der Waals surface area (Å²) in [5.74, 6) is 0.498. The molecule has 2 aliphatic rings. The molecule has 136 valence electrons. The van der Waals surface area contributed by atoms with Crippen molar-refractivity contribution < 1.29 is 14.3 Å². The standard InChI is InChI=1S/C21H29NO3/c1-13(2)11-16-5-7-17(8-6-16)14(3)20(24)25-19-12-21(22-15(4)23)10-9-18(19)21/h5-8,13-14,18-19H,9-12H2,1-4H3,(H,22,23). The number of carbonyl (C=O) groups excluding carboxylic acids is 2. The molecular weight excluding hydrogens is 314 g/mol. The van der Waals surface area contributed by atoms with Crippen LogP contribution in [0.2, 0.25) is 0 Å². The Morgan fingerprint density at radius 2 is 1.92 bits per heavy atom. The SMILES string of the molecule is CC(=O)NC12CCC1C(OC(=O)C(C)c1ccc(CC(C)C)cc1)C2. The van der Waals surface area contributed by atoms with E-state index in [9.17, 15) is 9.59 Å². The lowest BCUT2D eigenvalue weighted by molar-refractivity contribution is -0.187. The molecule has 1 aromatic carbocycles. The van der Waals surface area contributed by atoms with Crippen molar-refractivity contribution in [2.24, 2.45) is 11.8 Å². The second-order valence-electron chi connectivity index (χ2n) is 8.22. The highest BCUT2D eigenvalue weighted by Crippen LogP contribution is 2.55. The van der Waals surface area contributed by atoms with Gasteiger partial charge in [0.2, 0.25) is 5.91 Å². The van der Waals surface area contributed by atoms with E-state index in [1.807, 2.05) is 19.1 Å². The van der Waals surface area contributed by atoms with Crippen LogP contribution in [0.15, 0.2) is 24.3 Å². The van der Waals surface area contributed by atoms with Gasteiger partial charge in [0.1, 0.15) is 6.10 Å². The molecule has 1 N–H and O–H groups in total. The van der Waals surface area contributed by atoms with Crippen LogP contribution in [0, 0.1) is 11.8 Å². The molecule has 4 unspecified atom stereocenters. The van der Waals surface area contributed by atoms with Crippen LogP contribution in [0.25, 0.3) is 0 Å². The summed E-state index contributed by atoms with van der Waals surface area (Å²) in [5, 5.41) is 3.05. The zero-order valence-electron chi connectivity index (χ0n) is 15.7. The van der Waals surface area contributed by atoms with Gasteiger partial charge in [0.25, 0.3) is 0 Å². The molecule has 1 aromatic rings. The maximum Gasteiger partial charge on any atom is 0.313 e. The van der Waals surface area contributed by atoms with Gasteiger partial charge in [-0.15, -0.1) is 0 Å². The average molecular weight is 343 g/mol. The van der Waals surface area contributed by atoms with Crippen molar-refractivity contribution in [1.82, 2.24) is 5.32 Å². The molecule has 0 saturated heterocycles. The predicted molar refractivity (Wildman–Crippen MR) is 97.2 cm³/mol. The number of benzene rings is 1. The van der Waals surface area contributed by atoms with Crippen molar-refractivity contribution in [3.8, 4) is 0 Å². The Labute approximate surface area is 150 Å². The quantitative estimate of drug-likeness (QED) is 0.803. The lowest BCUT2D eigenvalue weighted by Gasteiger charge is -2.62. The molecule has 2 aliphatic carbocycles. The van der Waals surface area contributed by atoms with E-state index in [1.165, 1.54) is 5.56 Å². The van der Waals surface area contributed by atoms with Gasteiger partial charge in [0.15, 0.2) is 0 Å². The molecule has 2 saturated carbocycles. The van der Waals surface area contributed by atoms with Crippen LogP contribution in [0.3, 0.4) is 0 Å². The fourth-order valence-electron chi connectivity index (χ4n) is 4.28. The summed E-state index contributed by atoms with van der Waals surface area (Å²) in [5.41, 5.74) is 2.20. The predicted octanol–water partition coefficient (Wildman–Crippen LogP) is 3.59. The minimum atomic E-state index is -0.260. The van der Waals surface area contributed by atoms with Crippen LogP contribution >= 0.6 is 0 Å². The molecule has 4 atom stereocenters. The van der Waals surface area contributed by atoms with Crippen molar-refractivity contribution in [1.29, 1.82) is 0 Å². The lowest BCUT2D eigenvalue weighted by atomic mass is 9.51. The molecule has 0 aliphatic heterocycles. The first-order valence-electron chi connectivity index (χ1n) is 9.39. The van der Waals surface area contributed by atoms with Crippen LogP contribution < -0.4 is 5.32 Å². The summed E-state index contributed by atoms with van der Waals surface area (Å²) in [6, 6.07) is 8.29. The number of fused-ring (bicyclic) bond motifs is 1. The molecule has 1 amide bonds. The lowest BCUT2D eigenvalue weighted by Crippen LogP contribution is -2.73. The Morgan fingerprint density at radius 3 is 2.40 bits per heavy atom. The van der Waals surface area contributed by atoms with Crippen molar-refractivity contribution in [2.75, 3.05) is 0 Å². The van der Waals surface area contributed by atoms with Gasteiger partial charge in [0.05, 0.1) is 5.92 Å². The van der Waals surface area contributed by atoms with E-state index in [0.29, 0.717) is 11.8 Å². The Balaban J connectivity index is 1.54. The van der Waals surface area contributed by atoms with Crippen LogP contribution in [0.1, 0.15) is 64.0 Å². The first-order valence-corrected chi connectivity index (χ1v) is 9.39. The van der Waals surface area contributed by atoms with Gasteiger partial charge in [-0.05, 0) is 43.2 Å². The number of ether oxygens (including phenoxy) is 1. The van der Waals surface area contributed by atoms with Gasteiger partial charge in [0, 0.05) is 24.8 Å². The number of hydrogen-bond donors (Lipinski definition) is 1. The van der Waals surface area contributed by atoms with Gasteiger partial charge in [-0.2, -0.15) is 0 Å². The van der Waals surface area contributed by atoms with E-state index >= 15 is 0 Å². The van der Waals surface area contributed by atoms with Crippen LogP contribution in [0.4, 0.5) is 0 Å². The van der Waals surface area contributed by atoms with Crippen LogP contribution in [-0.2, 0) is 20.7 Å². The number of carbonyl (C=O) groups is 2. The summed E-state index contributed by atoms with van der Waals surface area (Å²) >= 11 is 0. The monoisotopic (exact) mass is 343 g/mol. The van der Waals surface area contributed by atoms with Crippen molar-refractivity contribution in [2.45, 2.75) is 70.9 Å². The summed E-state index contributed by atoms with van der Waals surface area (Å²) in [4.78, 5) is 23.8. The molecule has 4 heteroatoms. The van der Waals surface area contributed by atoms with E-state index in [0.717, 1.165) is 31.2 Å². The highest BCUT2D eigenvalue weighted by atomic mass is 16.5. The Kier molecular flexibility index (Phi) is 4.90. The number of esters is 1. The zero-order valence-corrected chi connectivity index (χ0v) is 15.7. The van der Waals surface area contributed by atoms with E-state index < -0.39 is 0 Å². The smallest absolute Gasteiger partial charge is 0.313 e. The third kappa shape index (κ3) is 3.58. The Bertz CT molecular complexity index is 652. The van der Waals surface area contributed by atoms with Crippen LogP contribution in [-0.4, -0.2) is 23.5 Å². The molecule has 0 radical (unpaired) electrons. The summed E-state index contributed by atoms with van der Waals surface area (Å²) < 4.78 is 5.75. The normalized spacial score (nSPS) is 28.4. The van der Waals surface area contributed by atoms with Crippen LogP contribution in [0.5, 0.6) is 0 Å². The second kappa shape index (κ2) is 6.81. The first-order chi connectivity index (χ1) is 11.8. The van der Waals surface area contributed by atoms with E-state index in [4.69, 9.17) is 4.74 Å². The minimum absolute atomic E-state index is 0.00401. The molecule has 4 nitrogen and oxygen atoms in total. The van der Waals surface area contributed by atoms with Gasteiger partial charge < -0.3 is 10.1 Å². The third-order valence-electron chi connectivity index (χ3n) is 5.80. The van der Waals surface area contributed by atoms with E-state index in [1.54, 1.807) is 6.92 Å². The van der Waals surface area contributed by atoms with Crippen molar-refractivity contribution in [3.63, 3.8) is 0 Å². The molecule has 0 spiro atoms. The second-order valence-corrected chi connectivity index (χ2v) is 8.22. The van der Waals surface area contributed by atoms with E-state index in [-0.39, 0.29) is 29.4 Å².